The number of alkyl halides is 1. The Kier molecular flexibility index (Phi) is 7.40. The van der Waals surface area contributed by atoms with Crippen LogP contribution in [0.25, 0.3) is 0 Å². The molecule has 1 unspecified atom stereocenters. The van der Waals surface area contributed by atoms with Gasteiger partial charge in [0.25, 0.3) is 0 Å². The number of rotatable bonds is 7. The Morgan fingerprint density at radius 1 is 1.12 bits per heavy atom. The van der Waals surface area contributed by atoms with Crippen LogP contribution in [0.4, 0.5) is 5.69 Å². The van der Waals surface area contributed by atoms with Crippen molar-refractivity contribution >= 4 is 45.8 Å². The molecule has 1 aliphatic rings. The molecule has 7 heteroatoms. The van der Waals surface area contributed by atoms with Crippen LogP contribution in [0.2, 0.25) is 5.02 Å². The average molecular weight is 592 g/mol. The van der Waals surface area contributed by atoms with Gasteiger partial charge >= 0.3 is 0 Å². The molecule has 3 aromatic carbocycles. The Hall–Kier alpha value is -2.29. The first-order valence-corrected chi connectivity index (χ1v) is 12.6. The highest BCUT2D eigenvalue weighted by molar-refractivity contribution is 14.1. The van der Waals surface area contributed by atoms with Gasteiger partial charge < -0.3 is 19.5 Å². The molecular weight excluding hydrogens is 565 g/mol. The van der Waals surface area contributed by atoms with Crippen LogP contribution in [-0.2, 0) is 17.8 Å². The lowest BCUT2D eigenvalue weighted by Crippen LogP contribution is -2.41. The SMILES string of the molecule is CC[C@](C)(I)Oc1cc2c(cc1OC)CC(=O)N(c1ccc(CO)cc1)C2c1ccc(Cl)cc1. The van der Waals surface area contributed by atoms with E-state index in [1.165, 1.54) is 0 Å². The molecule has 178 valence electrons. The van der Waals surface area contributed by atoms with Crippen molar-refractivity contribution in [2.75, 3.05) is 12.0 Å². The van der Waals surface area contributed by atoms with Crippen LogP contribution < -0.4 is 14.4 Å². The summed E-state index contributed by atoms with van der Waals surface area (Å²) >= 11 is 8.48. The van der Waals surface area contributed by atoms with Crippen molar-refractivity contribution in [1.29, 1.82) is 0 Å². The number of fused-ring (bicyclic) bond motifs is 1. The molecule has 1 heterocycles. The first-order valence-electron chi connectivity index (χ1n) is 11.1. The smallest absolute Gasteiger partial charge is 0.232 e. The molecule has 0 saturated heterocycles. The Labute approximate surface area is 218 Å². The highest BCUT2D eigenvalue weighted by atomic mass is 127. The number of aliphatic hydroxyl groups is 1. The fraction of sp³-hybridized carbons (Fsp3) is 0.296. The quantitative estimate of drug-likeness (QED) is 0.253. The van der Waals surface area contributed by atoms with Gasteiger partial charge in [0.15, 0.2) is 15.1 Å². The van der Waals surface area contributed by atoms with E-state index >= 15 is 0 Å². The van der Waals surface area contributed by atoms with E-state index in [9.17, 15) is 9.90 Å². The molecule has 0 fully saturated rings. The lowest BCUT2D eigenvalue weighted by molar-refractivity contribution is -0.118. The summed E-state index contributed by atoms with van der Waals surface area (Å²) in [5.41, 5.74) is 4.38. The van der Waals surface area contributed by atoms with Gasteiger partial charge in [-0.15, -0.1) is 0 Å². The number of halogens is 2. The van der Waals surface area contributed by atoms with Crippen molar-refractivity contribution in [2.24, 2.45) is 0 Å². The normalized spacial score (nSPS) is 17.2. The number of benzene rings is 3. The average Bonchev–Trinajstić information content (AvgIpc) is 2.83. The Morgan fingerprint density at radius 3 is 2.38 bits per heavy atom. The molecule has 2 atom stereocenters. The van der Waals surface area contributed by atoms with E-state index in [0.717, 1.165) is 34.4 Å². The maximum absolute atomic E-state index is 13.5. The van der Waals surface area contributed by atoms with Crippen LogP contribution in [0.3, 0.4) is 0 Å². The van der Waals surface area contributed by atoms with Crippen LogP contribution in [0.1, 0.15) is 48.6 Å². The van der Waals surface area contributed by atoms with E-state index in [-0.39, 0.29) is 25.0 Å². The summed E-state index contributed by atoms with van der Waals surface area (Å²) in [6.07, 6.45) is 1.06. The largest absolute Gasteiger partial charge is 0.493 e. The minimum absolute atomic E-state index is 0.0211. The number of methoxy groups -OCH3 is 1. The molecule has 0 aliphatic carbocycles. The molecule has 0 spiro atoms. The van der Waals surface area contributed by atoms with Gasteiger partial charge in [0, 0.05) is 10.7 Å². The highest BCUT2D eigenvalue weighted by Crippen LogP contribution is 2.45. The van der Waals surface area contributed by atoms with Gasteiger partial charge in [-0.1, -0.05) is 42.8 Å². The van der Waals surface area contributed by atoms with Gasteiger partial charge in [-0.05, 0) is 94.6 Å². The topological polar surface area (TPSA) is 59.0 Å². The van der Waals surface area contributed by atoms with Crippen molar-refractivity contribution in [3.05, 3.63) is 87.9 Å². The van der Waals surface area contributed by atoms with Crippen LogP contribution in [-0.4, -0.2) is 21.7 Å². The monoisotopic (exact) mass is 591 g/mol. The van der Waals surface area contributed by atoms with Crippen molar-refractivity contribution in [3.63, 3.8) is 0 Å². The zero-order chi connectivity index (χ0) is 24.5. The van der Waals surface area contributed by atoms with Crippen molar-refractivity contribution < 1.29 is 19.4 Å². The summed E-state index contributed by atoms with van der Waals surface area (Å²) in [7, 11) is 1.61. The first-order chi connectivity index (χ1) is 16.3. The molecule has 0 aromatic heterocycles. The zero-order valence-corrected chi connectivity index (χ0v) is 22.3. The Balaban J connectivity index is 1.90. The summed E-state index contributed by atoms with van der Waals surface area (Å²) in [6, 6.07) is 18.5. The third-order valence-electron chi connectivity index (χ3n) is 6.13. The highest BCUT2D eigenvalue weighted by Gasteiger charge is 2.36. The second-order valence-electron chi connectivity index (χ2n) is 8.48. The summed E-state index contributed by atoms with van der Waals surface area (Å²) in [5, 5.41) is 10.1. The van der Waals surface area contributed by atoms with Crippen LogP contribution in [0.5, 0.6) is 11.5 Å². The van der Waals surface area contributed by atoms with Crippen molar-refractivity contribution in [1.82, 2.24) is 0 Å². The molecule has 1 aliphatic heterocycles. The number of hydrogen-bond donors (Lipinski definition) is 1. The predicted octanol–water partition coefficient (Wildman–Crippen LogP) is 6.46. The zero-order valence-electron chi connectivity index (χ0n) is 19.3. The van der Waals surface area contributed by atoms with Crippen molar-refractivity contribution in [2.45, 2.75) is 42.9 Å². The van der Waals surface area contributed by atoms with Gasteiger partial charge in [0.2, 0.25) is 5.91 Å². The predicted molar refractivity (Wildman–Crippen MR) is 143 cm³/mol. The fourth-order valence-corrected chi connectivity index (χ4v) is 4.49. The standard InChI is InChI=1S/C27H27ClINO4/c1-4-27(2,29)34-24-15-22-19(13-23(24)33-3)14-25(32)30(21-11-5-17(16-31)6-12-21)26(22)18-7-9-20(28)10-8-18/h5-13,15,26,31H,4,14,16H2,1-3H3/t26?,27-/m1/s1. The molecule has 0 radical (unpaired) electrons. The van der Waals surface area contributed by atoms with Crippen LogP contribution in [0, 0.1) is 0 Å². The van der Waals surface area contributed by atoms with Gasteiger partial charge in [-0.3, -0.25) is 4.79 Å². The van der Waals surface area contributed by atoms with E-state index in [1.807, 2.05) is 72.5 Å². The van der Waals surface area contributed by atoms with E-state index in [2.05, 4.69) is 29.5 Å². The van der Waals surface area contributed by atoms with E-state index in [1.54, 1.807) is 7.11 Å². The summed E-state index contributed by atoms with van der Waals surface area (Å²) in [6.45, 7) is 4.05. The summed E-state index contributed by atoms with van der Waals surface area (Å²) < 4.78 is 11.6. The molecule has 0 bridgehead atoms. The minimum atomic E-state index is -0.403. The maximum Gasteiger partial charge on any atom is 0.232 e. The number of ether oxygens (including phenoxy) is 2. The van der Waals surface area contributed by atoms with E-state index in [0.29, 0.717) is 16.5 Å². The molecule has 3 aromatic rings. The van der Waals surface area contributed by atoms with E-state index in [4.69, 9.17) is 21.1 Å². The van der Waals surface area contributed by atoms with Gasteiger partial charge in [-0.25, -0.2) is 0 Å². The lowest BCUT2D eigenvalue weighted by atomic mass is 9.86. The number of carbonyl (C=O) groups is 1. The van der Waals surface area contributed by atoms with Gasteiger partial charge in [-0.2, -0.15) is 0 Å². The van der Waals surface area contributed by atoms with Crippen molar-refractivity contribution in [3.8, 4) is 11.5 Å². The first kappa shape index (κ1) is 24.8. The summed E-state index contributed by atoms with van der Waals surface area (Å²) in [5.74, 6) is 1.23. The lowest BCUT2D eigenvalue weighted by Gasteiger charge is -2.38. The molecule has 5 nitrogen and oxygen atoms in total. The number of aliphatic hydroxyl groups excluding tert-OH is 1. The fourth-order valence-electron chi connectivity index (χ4n) is 4.13. The van der Waals surface area contributed by atoms with Crippen LogP contribution in [0.15, 0.2) is 60.7 Å². The molecule has 4 rings (SSSR count). The maximum atomic E-state index is 13.5. The van der Waals surface area contributed by atoms with Gasteiger partial charge in [0.1, 0.15) is 0 Å². The van der Waals surface area contributed by atoms with Crippen LogP contribution >= 0.6 is 34.2 Å². The second-order valence-corrected chi connectivity index (χ2v) is 11.2. The third-order valence-corrected chi connectivity index (χ3v) is 7.36. The minimum Gasteiger partial charge on any atom is -0.493 e. The third kappa shape index (κ3) is 5.04. The summed E-state index contributed by atoms with van der Waals surface area (Å²) in [4.78, 5) is 15.3. The Morgan fingerprint density at radius 2 is 1.79 bits per heavy atom. The number of carbonyl (C=O) groups excluding carboxylic acids is 1. The number of hydrogen-bond acceptors (Lipinski definition) is 4. The number of nitrogens with zero attached hydrogens (tertiary/aromatic N) is 1. The molecule has 1 amide bonds. The van der Waals surface area contributed by atoms with Gasteiger partial charge in [0.05, 0.1) is 26.2 Å². The number of anilines is 1. The number of amides is 1. The molecule has 0 saturated carbocycles. The molecule has 34 heavy (non-hydrogen) atoms. The Bertz CT molecular complexity index is 1180. The van der Waals surface area contributed by atoms with E-state index < -0.39 is 3.61 Å². The molecule has 1 N–H and O–H groups in total. The molecular formula is C27H27ClINO4. The second kappa shape index (κ2) is 10.1.